The van der Waals surface area contributed by atoms with E-state index < -0.39 is 12.1 Å². The molecule has 15 heavy (non-hydrogen) atoms. The van der Waals surface area contributed by atoms with Crippen LogP contribution in [0.5, 0.6) is 0 Å². The van der Waals surface area contributed by atoms with Crippen molar-refractivity contribution in [3.8, 4) is 0 Å². The van der Waals surface area contributed by atoms with Crippen LogP contribution in [-0.2, 0) is 4.79 Å². The first-order valence-electron chi connectivity index (χ1n) is 3.60. The zero-order valence-electron chi connectivity index (χ0n) is 7.12. The number of anilines is 1. The molecule has 1 rings (SSSR count). The van der Waals surface area contributed by atoms with E-state index in [0.717, 1.165) is 3.57 Å². The molecule has 0 aliphatic carbocycles. The maximum atomic E-state index is 12.0. The highest BCUT2D eigenvalue weighted by molar-refractivity contribution is 14.1. The van der Waals surface area contributed by atoms with E-state index in [2.05, 4.69) is 4.98 Å². The van der Waals surface area contributed by atoms with Gasteiger partial charge in [0.2, 0.25) is 0 Å². The predicted octanol–water partition coefficient (Wildman–Crippen LogP) is 1.46. The number of nitrogens with two attached hydrogens (primary N) is 1. The largest absolute Gasteiger partial charge is 0.473 e. The van der Waals surface area contributed by atoms with Gasteiger partial charge in [-0.3, -0.25) is 4.79 Å². The van der Waals surface area contributed by atoms with E-state index in [1.807, 2.05) is 22.6 Å². The summed E-state index contributed by atoms with van der Waals surface area (Å²) in [5.74, 6) is 2.57. The van der Waals surface area contributed by atoms with Crippen LogP contribution < -0.4 is 10.9 Å². The lowest BCUT2D eigenvalue weighted by molar-refractivity contribution is -0.170. The van der Waals surface area contributed by atoms with Gasteiger partial charge in [0, 0.05) is 9.77 Å². The van der Waals surface area contributed by atoms with Crippen molar-refractivity contribution in [2.24, 2.45) is 5.84 Å². The summed E-state index contributed by atoms with van der Waals surface area (Å²) in [5, 5.41) is -0.0317. The van der Waals surface area contributed by atoms with Gasteiger partial charge in [0.1, 0.15) is 5.82 Å². The number of nitrogens with zero attached hydrogens (tertiary/aromatic N) is 2. The number of halogens is 4. The van der Waals surface area contributed by atoms with Crippen LogP contribution in [-0.4, -0.2) is 17.1 Å². The monoisotopic (exact) mass is 331 g/mol. The molecule has 4 nitrogen and oxygen atoms in total. The van der Waals surface area contributed by atoms with Gasteiger partial charge in [0.05, 0.1) is 0 Å². The second-order valence-electron chi connectivity index (χ2n) is 2.51. The molecule has 2 N–H and O–H groups in total. The Hall–Kier alpha value is -0.900. The van der Waals surface area contributed by atoms with E-state index in [1.54, 1.807) is 0 Å². The molecule has 1 aromatic rings. The van der Waals surface area contributed by atoms with E-state index in [1.165, 1.54) is 18.3 Å². The third kappa shape index (κ3) is 3.02. The van der Waals surface area contributed by atoms with Crippen LogP contribution >= 0.6 is 22.6 Å². The van der Waals surface area contributed by atoms with E-state index >= 15 is 0 Å². The molecule has 0 bridgehead atoms. The molecule has 82 valence electrons. The van der Waals surface area contributed by atoms with Gasteiger partial charge in [0.15, 0.2) is 0 Å². The van der Waals surface area contributed by atoms with Crippen molar-refractivity contribution >= 4 is 34.3 Å². The second-order valence-corrected chi connectivity index (χ2v) is 3.75. The van der Waals surface area contributed by atoms with Gasteiger partial charge < -0.3 is 0 Å². The fraction of sp³-hybridized carbons (Fsp3) is 0.143. The van der Waals surface area contributed by atoms with E-state index in [4.69, 9.17) is 5.84 Å². The lowest BCUT2D eigenvalue weighted by Gasteiger charge is -2.16. The molecular weight excluding hydrogens is 326 g/mol. The molecule has 8 heteroatoms. The molecule has 0 atom stereocenters. The average Bonchev–Trinajstić information content (AvgIpc) is 2.15. The van der Waals surface area contributed by atoms with Crippen molar-refractivity contribution in [3.05, 3.63) is 21.9 Å². The number of carbonyl (C=O) groups excluding carboxylic acids is 1. The maximum Gasteiger partial charge on any atom is 0.473 e. The number of alkyl halides is 3. The number of carbonyl (C=O) groups is 1. The topological polar surface area (TPSA) is 59.2 Å². The van der Waals surface area contributed by atoms with Crippen molar-refractivity contribution in [2.45, 2.75) is 6.18 Å². The van der Waals surface area contributed by atoms with Crippen LogP contribution in [0.2, 0.25) is 0 Å². The number of hydrogen-bond donors (Lipinski definition) is 1. The molecule has 0 aromatic carbocycles. The van der Waals surface area contributed by atoms with Crippen molar-refractivity contribution in [1.82, 2.24) is 4.98 Å². The van der Waals surface area contributed by atoms with Gasteiger partial charge in [-0.05, 0) is 34.7 Å². The van der Waals surface area contributed by atoms with E-state index in [9.17, 15) is 18.0 Å². The molecule has 0 radical (unpaired) electrons. The van der Waals surface area contributed by atoms with Gasteiger partial charge in [-0.2, -0.15) is 13.2 Å². The zero-order chi connectivity index (χ0) is 11.6. The number of hydrogen-bond acceptors (Lipinski definition) is 3. The van der Waals surface area contributed by atoms with Crippen LogP contribution in [0, 0.1) is 3.57 Å². The summed E-state index contributed by atoms with van der Waals surface area (Å²) in [6.07, 6.45) is -3.70. The van der Waals surface area contributed by atoms with E-state index in [0.29, 0.717) is 0 Å². The molecule has 0 spiro atoms. The minimum atomic E-state index is -5.00. The number of aromatic nitrogens is 1. The molecule has 0 aliphatic heterocycles. The van der Waals surface area contributed by atoms with Gasteiger partial charge in [-0.15, -0.1) is 0 Å². The lowest BCUT2D eigenvalue weighted by Crippen LogP contribution is -2.46. The zero-order valence-corrected chi connectivity index (χ0v) is 9.28. The first kappa shape index (κ1) is 12.2. The molecule has 1 aromatic heterocycles. The summed E-state index contributed by atoms with van der Waals surface area (Å²) in [6, 6.07) is 2.72. The Morgan fingerprint density at radius 3 is 2.47 bits per heavy atom. The van der Waals surface area contributed by atoms with Crippen molar-refractivity contribution in [2.75, 3.05) is 5.01 Å². The second kappa shape index (κ2) is 4.31. The van der Waals surface area contributed by atoms with Crippen LogP contribution in [0.4, 0.5) is 19.0 Å². The molecular formula is C7H5F3IN3O. The standard InChI is InChI=1S/C7H5F3IN3O/c8-7(9,10)6(15)14(12)5-2-1-4(11)3-13-5/h1-3H,12H2. The highest BCUT2D eigenvalue weighted by Crippen LogP contribution is 2.20. The van der Waals surface area contributed by atoms with Gasteiger partial charge in [0.25, 0.3) is 0 Å². The quantitative estimate of drug-likeness (QED) is 0.367. The van der Waals surface area contributed by atoms with Crippen molar-refractivity contribution < 1.29 is 18.0 Å². The third-order valence-corrected chi connectivity index (χ3v) is 2.06. The first-order chi connectivity index (χ1) is 6.82. The summed E-state index contributed by atoms with van der Waals surface area (Å²) in [5.41, 5.74) is 0. The minimum absolute atomic E-state index is 0.0317. The summed E-state index contributed by atoms with van der Waals surface area (Å²) in [7, 11) is 0. The van der Waals surface area contributed by atoms with Gasteiger partial charge >= 0.3 is 12.1 Å². The summed E-state index contributed by atoms with van der Waals surface area (Å²) in [6.45, 7) is 0. The average molecular weight is 331 g/mol. The maximum absolute atomic E-state index is 12.0. The van der Waals surface area contributed by atoms with Crippen LogP contribution in [0.15, 0.2) is 18.3 Å². The predicted molar refractivity (Wildman–Crippen MR) is 54.7 cm³/mol. The first-order valence-corrected chi connectivity index (χ1v) is 4.68. The fourth-order valence-corrected chi connectivity index (χ4v) is 1.07. The van der Waals surface area contributed by atoms with Crippen molar-refractivity contribution in [3.63, 3.8) is 0 Å². The molecule has 1 heterocycles. The number of pyridine rings is 1. The van der Waals surface area contributed by atoms with Gasteiger partial charge in [-0.1, -0.05) is 0 Å². The third-order valence-electron chi connectivity index (χ3n) is 1.42. The highest BCUT2D eigenvalue weighted by Gasteiger charge is 2.42. The molecule has 0 unspecified atom stereocenters. The lowest BCUT2D eigenvalue weighted by atomic mass is 10.4. The number of hydrazine groups is 1. The normalized spacial score (nSPS) is 11.3. The Balaban J connectivity index is 2.90. The van der Waals surface area contributed by atoms with Crippen LogP contribution in [0.25, 0.3) is 0 Å². The van der Waals surface area contributed by atoms with Gasteiger partial charge in [-0.25, -0.2) is 15.8 Å². The molecule has 0 saturated carbocycles. The van der Waals surface area contributed by atoms with Crippen LogP contribution in [0.1, 0.15) is 0 Å². The minimum Gasteiger partial charge on any atom is -0.262 e. The Morgan fingerprint density at radius 2 is 2.07 bits per heavy atom. The van der Waals surface area contributed by atoms with E-state index in [-0.39, 0.29) is 10.8 Å². The molecule has 0 aliphatic rings. The Labute approximate surface area is 96.4 Å². The van der Waals surface area contributed by atoms with Crippen molar-refractivity contribution in [1.29, 1.82) is 0 Å². The highest BCUT2D eigenvalue weighted by atomic mass is 127. The molecule has 0 fully saturated rings. The van der Waals surface area contributed by atoms with Crippen LogP contribution in [0.3, 0.4) is 0 Å². The molecule has 0 saturated heterocycles. The number of rotatable bonds is 1. The SMILES string of the molecule is NN(C(=O)C(F)(F)F)c1ccc(I)cn1. The smallest absolute Gasteiger partial charge is 0.262 e. The Bertz CT molecular complexity index is 365. The summed E-state index contributed by atoms with van der Waals surface area (Å²) < 4.78 is 36.6. The Morgan fingerprint density at radius 1 is 1.47 bits per heavy atom. The summed E-state index contributed by atoms with van der Waals surface area (Å²) >= 11 is 1.92. The summed E-state index contributed by atoms with van der Waals surface area (Å²) in [4.78, 5) is 14.3. The molecule has 1 amide bonds. The Kier molecular flexibility index (Phi) is 3.50. The fourth-order valence-electron chi connectivity index (χ4n) is 0.751. The number of amides is 1.